The first-order valence-corrected chi connectivity index (χ1v) is 10.0. The van der Waals surface area contributed by atoms with E-state index in [-0.39, 0.29) is 17.9 Å². The molecule has 6 nitrogen and oxygen atoms in total. The quantitative estimate of drug-likeness (QED) is 0.751. The number of nitrogens with one attached hydrogen (secondary N) is 1. The first kappa shape index (κ1) is 20.2. The normalized spacial score (nSPS) is 20.6. The van der Waals surface area contributed by atoms with E-state index >= 15 is 0 Å². The second-order valence-corrected chi connectivity index (χ2v) is 7.75. The molecule has 6 heteroatoms. The van der Waals surface area contributed by atoms with Crippen molar-refractivity contribution in [1.29, 1.82) is 0 Å². The summed E-state index contributed by atoms with van der Waals surface area (Å²) in [5.41, 5.74) is 0. The Morgan fingerprint density at radius 2 is 1.56 bits per heavy atom. The summed E-state index contributed by atoms with van der Waals surface area (Å²) in [7, 11) is 0. The van der Waals surface area contributed by atoms with Crippen molar-refractivity contribution in [3.63, 3.8) is 0 Å². The molecule has 1 saturated carbocycles. The van der Waals surface area contributed by atoms with Crippen LogP contribution < -0.4 is 5.32 Å². The minimum absolute atomic E-state index is 0.0917. The van der Waals surface area contributed by atoms with Crippen molar-refractivity contribution in [2.24, 2.45) is 0 Å². The molecule has 2 aliphatic rings. The van der Waals surface area contributed by atoms with Crippen LogP contribution in [0.4, 0.5) is 0 Å². The monoisotopic (exact) mass is 352 g/mol. The van der Waals surface area contributed by atoms with Gasteiger partial charge < -0.3 is 10.2 Å². The number of nitrogens with zero attached hydrogens (tertiary/aromatic N) is 3. The molecule has 0 atom stereocenters. The van der Waals surface area contributed by atoms with Gasteiger partial charge in [-0.2, -0.15) is 0 Å². The van der Waals surface area contributed by atoms with E-state index in [2.05, 4.69) is 26.9 Å². The molecule has 1 saturated heterocycles. The number of rotatable bonds is 7. The summed E-state index contributed by atoms with van der Waals surface area (Å²) in [6.07, 6.45) is 6.16. The molecule has 1 heterocycles. The van der Waals surface area contributed by atoms with Gasteiger partial charge in [-0.1, -0.05) is 19.3 Å². The Kier molecular flexibility index (Phi) is 8.16. The average Bonchev–Trinajstić information content (AvgIpc) is 2.57. The first-order chi connectivity index (χ1) is 12.0. The molecule has 1 aliphatic carbocycles. The van der Waals surface area contributed by atoms with Gasteiger partial charge in [0, 0.05) is 44.8 Å². The Morgan fingerprint density at radius 1 is 1.00 bits per heavy atom. The van der Waals surface area contributed by atoms with Crippen LogP contribution in [0.3, 0.4) is 0 Å². The highest BCUT2D eigenvalue weighted by Crippen LogP contribution is 2.22. The Balaban J connectivity index is 1.73. The van der Waals surface area contributed by atoms with E-state index in [1.165, 1.54) is 32.1 Å². The van der Waals surface area contributed by atoms with Crippen LogP contribution in [0, 0.1) is 0 Å². The summed E-state index contributed by atoms with van der Waals surface area (Å²) in [6.45, 7) is 11.3. The van der Waals surface area contributed by atoms with Gasteiger partial charge in [-0.15, -0.1) is 0 Å². The number of hydrogen-bond donors (Lipinski definition) is 1. The highest BCUT2D eigenvalue weighted by Gasteiger charge is 2.27. The summed E-state index contributed by atoms with van der Waals surface area (Å²) in [5, 5.41) is 2.94. The van der Waals surface area contributed by atoms with Crippen LogP contribution in [-0.2, 0) is 9.59 Å². The number of likely N-dealkylation sites (N-methyl/N-ethyl adjacent to an activating group) is 1. The third-order valence-corrected chi connectivity index (χ3v) is 5.32. The van der Waals surface area contributed by atoms with Gasteiger partial charge in [0.1, 0.15) is 0 Å². The van der Waals surface area contributed by atoms with Crippen LogP contribution in [0.5, 0.6) is 0 Å². The van der Waals surface area contributed by atoms with Crippen LogP contribution in [0.25, 0.3) is 0 Å². The largest absolute Gasteiger partial charge is 0.353 e. The number of piperazine rings is 1. The lowest BCUT2D eigenvalue weighted by molar-refractivity contribution is -0.136. The summed E-state index contributed by atoms with van der Waals surface area (Å²) in [6, 6.07) is 0.637. The van der Waals surface area contributed by atoms with Gasteiger partial charge >= 0.3 is 0 Å². The summed E-state index contributed by atoms with van der Waals surface area (Å²) in [5.74, 6) is 0.370. The maximum absolute atomic E-state index is 12.7. The average molecular weight is 353 g/mol. The number of carbonyl (C=O) groups excluding carboxylic acids is 2. The zero-order chi connectivity index (χ0) is 18.2. The molecular weight excluding hydrogens is 316 g/mol. The predicted octanol–water partition coefficient (Wildman–Crippen LogP) is 1.31. The molecule has 0 spiro atoms. The van der Waals surface area contributed by atoms with Crippen molar-refractivity contribution in [3.8, 4) is 0 Å². The lowest BCUT2D eigenvalue weighted by atomic mass is 9.94. The Hall–Kier alpha value is -1.14. The SMILES string of the molecule is CCN(C(=O)CN1CCN(CC(=O)NC(C)C)CC1)C1CCCCC1. The smallest absolute Gasteiger partial charge is 0.236 e. The molecule has 2 rings (SSSR count). The van der Waals surface area contributed by atoms with E-state index in [1.54, 1.807) is 0 Å². The van der Waals surface area contributed by atoms with E-state index in [0.29, 0.717) is 19.1 Å². The topological polar surface area (TPSA) is 55.9 Å². The maximum Gasteiger partial charge on any atom is 0.236 e. The van der Waals surface area contributed by atoms with Gasteiger partial charge in [0.15, 0.2) is 0 Å². The highest BCUT2D eigenvalue weighted by molar-refractivity contribution is 5.79. The first-order valence-electron chi connectivity index (χ1n) is 10.0. The van der Waals surface area contributed by atoms with Gasteiger partial charge in [0.2, 0.25) is 11.8 Å². The summed E-state index contributed by atoms with van der Waals surface area (Å²) < 4.78 is 0. The maximum atomic E-state index is 12.7. The molecule has 0 aromatic heterocycles. The summed E-state index contributed by atoms with van der Waals surface area (Å²) in [4.78, 5) is 31.1. The lowest BCUT2D eigenvalue weighted by Crippen LogP contribution is -2.53. The van der Waals surface area contributed by atoms with E-state index < -0.39 is 0 Å². The van der Waals surface area contributed by atoms with E-state index in [0.717, 1.165) is 32.7 Å². The zero-order valence-electron chi connectivity index (χ0n) is 16.3. The lowest BCUT2D eigenvalue weighted by Gasteiger charge is -2.37. The molecule has 2 amide bonds. The van der Waals surface area contributed by atoms with E-state index in [1.807, 2.05) is 13.8 Å². The molecule has 1 aliphatic heterocycles. The fourth-order valence-corrected chi connectivity index (χ4v) is 3.99. The Labute approximate surface area is 152 Å². The standard InChI is InChI=1S/C19H36N4O2/c1-4-23(17-8-6-5-7-9-17)19(25)15-22-12-10-21(11-13-22)14-18(24)20-16(2)3/h16-17H,4-15H2,1-3H3,(H,20,24). The van der Waals surface area contributed by atoms with Crippen LogP contribution in [0.1, 0.15) is 52.9 Å². The van der Waals surface area contributed by atoms with Gasteiger partial charge in [-0.25, -0.2) is 0 Å². The van der Waals surface area contributed by atoms with Crippen molar-refractivity contribution in [3.05, 3.63) is 0 Å². The minimum Gasteiger partial charge on any atom is -0.353 e. The molecule has 0 bridgehead atoms. The molecule has 25 heavy (non-hydrogen) atoms. The fraction of sp³-hybridized carbons (Fsp3) is 0.895. The van der Waals surface area contributed by atoms with Crippen LogP contribution in [-0.4, -0.2) is 84.4 Å². The van der Waals surface area contributed by atoms with Gasteiger partial charge in [0.25, 0.3) is 0 Å². The van der Waals surface area contributed by atoms with Crippen molar-refractivity contribution < 1.29 is 9.59 Å². The van der Waals surface area contributed by atoms with Crippen LogP contribution >= 0.6 is 0 Å². The Bertz CT molecular complexity index is 427. The van der Waals surface area contributed by atoms with Gasteiger partial charge in [-0.3, -0.25) is 19.4 Å². The van der Waals surface area contributed by atoms with Crippen molar-refractivity contribution in [2.75, 3.05) is 45.8 Å². The van der Waals surface area contributed by atoms with Crippen LogP contribution in [0.15, 0.2) is 0 Å². The number of carbonyl (C=O) groups is 2. The summed E-state index contributed by atoms with van der Waals surface area (Å²) >= 11 is 0. The van der Waals surface area contributed by atoms with E-state index in [4.69, 9.17) is 0 Å². The highest BCUT2D eigenvalue weighted by atomic mass is 16.2. The van der Waals surface area contributed by atoms with Crippen molar-refractivity contribution >= 4 is 11.8 Å². The molecule has 0 aromatic carbocycles. The number of hydrogen-bond acceptors (Lipinski definition) is 4. The molecular formula is C19H36N4O2. The third-order valence-electron chi connectivity index (χ3n) is 5.32. The Morgan fingerprint density at radius 3 is 2.08 bits per heavy atom. The molecule has 2 fully saturated rings. The molecule has 1 N–H and O–H groups in total. The van der Waals surface area contributed by atoms with Gasteiger partial charge in [0.05, 0.1) is 13.1 Å². The number of amides is 2. The van der Waals surface area contributed by atoms with Crippen LogP contribution in [0.2, 0.25) is 0 Å². The van der Waals surface area contributed by atoms with Crippen molar-refractivity contribution in [1.82, 2.24) is 20.0 Å². The molecule has 0 unspecified atom stereocenters. The van der Waals surface area contributed by atoms with Crippen molar-refractivity contribution in [2.45, 2.75) is 65.0 Å². The molecule has 0 radical (unpaired) electrons. The minimum atomic E-state index is 0.0917. The molecule has 144 valence electrons. The third kappa shape index (κ3) is 6.59. The second-order valence-electron chi connectivity index (χ2n) is 7.75. The van der Waals surface area contributed by atoms with Gasteiger partial charge in [-0.05, 0) is 33.6 Å². The molecule has 0 aromatic rings. The predicted molar refractivity (Wildman–Crippen MR) is 100 cm³/mol. The van der Waals surface area contributed by atoms with E-state index in [9.17, 15) is 9.59 Å². The zero-order valence-corrected chi connectivity index (χ0v) is 16.3. The second kappa shape index (κ2) is 10.1. The fourth-order valence-electron chi connectivity index (χ4n) is 3.99.